The third-order valence-electron chi connectivity index (χ3n) is 4.07. The predicted molar refractivity (Wildman–Crippen MR) is 86.5 cm³/mol. The van der Waals surface area contributed by atoms with Gasteiger partial charge in [-0.1, -0.05) is 13.8 Å². The first-order valence-corrected chi connectivity index (χ1v) is 8.33. The highest BCUT2D eigenvalue weighted by Gasteiger charge is 2.29. The summed E-state index contributed by atoms with van der Waals surface area (Å²) in [6.07, 6.45) is 2.89. The van der Waals surface area contributed by atoms with Gasteiger partial charge in [-0.15, -0.1) is 0 Å². The van der Waals surface area contributed by atoms with E-state index in [0.717, 1.165) is 52.0 Å². The molecule has 0 saturated carbocycles. The number of hydrogen-bond donors (Lipinski definition) is 2. The molecule has 1 heterocycles. The van der Waals surface area contributed by atoms with Crippen molar-refractivity contribution in [1.82, 2.24) is 15.5 Å². The lowest BCUT2D eigenvalue weighted by Gasteiger charge is -2.35. The van der Waals surface area contributed by atoms with Crippen LogP contribution in [0.25, 0.3) is 0 Å². The maximum Gasteiger partial charge on any atom is 0.234 e. The smallest absolute Gasteiger partial charge is 0.234 e. The standard InChI is InChI=1S/C16H33N3O2/c1-5-19(6-2)10-7-9-17-13-15(20)18-14-8-11-21-16(3,4)12-14/h14,17H,5-13H2,1-4H3,(H,18,20)/t14-/m0/s1. The van der Waals surface area contributed by atoms with E-state index in [-0.39, 0.29) is 17.6 Å². The van der Waals surface area contributed by atoms with Crippen LogP contribution >= 0.6 is 0 Å². The van der Waals surface area contributed by atoms with Gasteiger partial charge in [-0.05, 0) is 59.3 Å². The summed E-state index contributed by atoms with van der Waals surface area (Å²) in [5.41, 5.74) is -0.118. The van der Waals surface area contributed by atoms with Gasteiger partial charge in [0.2, 0.25) is 5.91 Å². The molecule has 0 aromatic rings. The summed E-state index contributed by atoms with van der Waals surface area (Å²) in [5.74, 6) is 0.0977. The molecule has 0 aliphatic carbocycles. The van der Waals surface area contributed by atoms with Crippen molar-refractivity contribution >= 4 is 5.91 Å². The van der Waals surface area contributed by atoms with Crippen molar-refractivity contribution in [1.29, 1.82) is 0 Å². The van der Waals surface area contributed by atoms with Crippen LogP contribution in [0.1, 0.15) is 47.0 Å². The van der Waals surface area contributed by atoms with Gasteiger partial charge in [0.05, 0.1) is 12.1 Å². The third kappa shape index (κ3) is 7.79. The summed E-state index contributed by atoms with van der Waals surface area (Å²) in [5, 5.41) is 6.33. The summed E-state index contributed by atoms with van der Waals surface area (Å²) in [4.78, 5) is 14.3. The fourth-order valence-corrected chi connectivity index (χ4v) is 2.80. The summed E-state index contributed by atoms with van der Waals surface area (Å²) in [6, 6.07) is 0.249. The Morgan fingerprint density at radius 3 is 2.67 bits per heavy atom. The number of ether oxygens (including phenoxy) is 1. The number of nitrogens with one attached hydrogen (secondary N) is 2. The van der Waals surface area contributed by atoms with Crippen molar-refractivity contribution in [3.05, 3.63) is 0 Å². The first-order chi connectivity index (χ1) is 9.96. The molecular weight excluding hydrogens is 266 g/mol. The van der Waals surface area contributed by atoms with Crippen molar-refractivity contribution in [2.75, 3.05) is 39.3 Å². The van der Waals surface area contributed by atoms with Gasteiger partial charge in [0, 0.05) is 12.6 Å². The molecule has 2 N–H and O–H groups in total. The molecule has 1 amide bonds. The topological polar surface area (TPSA) is 53.6 Å². The largest absolute Gasteiger partial charge is 0.375 e. The molecule has 1 rings (SSSR count). The number of rotatable bonds is 9. The van der Waals surface area contributed by atoms with Gasteiger partial charge in [0.1, 0.15) is 0 Å². The number of carbonyl (C=O) groups is 1. The Bertz CT molecular complexity index is 304. The summed E-state index contributed by atoms with van der Waals surface area (Å²) >= 11 is 0. The van der Waals surface area contributed by atoms with Crippen LogP contribution in [0.4, 0.5) is 0 Å². The van der Waals surface area contributed by atoms with Gasteiger partial charge in [-0.2, -0.15) is 0 Å². The molecule has 124 valence electrons. The summed E-state index contributed by atoms with van der Waals surface area (Å²) in [6.45, 7) is 13.8. The van der Waals surface area contributed by atoms with Gasteiger partial charge < -0.3 is 20.3 Å². The van der Waals surface area contributed by atoms with Crippen LogP contribution in [0, 0.1) is 0 Å². The molecule has 1 saturated heterocycles. The minimum absolute atomic E-state index is 0.0977. The van der Waals surface area contributed by atoms with Crippen LogP contribution in [0.5, 0.6) is 0 Å². The van der Waals surface area contributed by atoms with E-state index in [0.29, 0.717) is 6.54 Å². The Morgan fingerprint density at radius 2 is 2.05 bits per heavy atom. The Labute approximate surface area is 129 Å². The second kappa shape index (κ2) is 9.38. The Kier molecular flexibility index (Phi) is 8.22. The predicted octanol–water partition coefficient (Wildman–Crippen LogP) is 1.38. The van der Waals surface area contributed by atoms with Gasteiger partial charge in [0.25, 0.3) is 0 Å². The molecule has 1 aliphatic heterocycles. The highest BCUT2D eigenvalue weighted by atomic mass is 16.5. The average molecular weight is 299 g/mol. The molecule has 0 radical (unpaired) electrons. The van der Waals surface area contributed by atoms with Crippen LogP contribution in [0.15, 0.2) is 0 Å². The lowest BCUT2D eigenvalue weighted by atomic mass is 9.94. The maximum atomic E-state index is 11.9. The van der Waals surface area contributed by atoms with Gasteiger partial charge in [-0.3, -0.25) is 4.79 Å². The Hall–Kier alpha value is -0.650. The molecule has 5 nitrogen and oxygen atoms in total. The highest BCUT2D eigenvalue weighted by molar-refractivity contribution is 5.78. The monoisotopic (exact) mass is 299 g/mol. The number of nitrogens with zero attached hydrogens (tertiary/aromatic N) is 1. The zero-order valence-electron chi connectivity index (χ0n) is 14.2. The van der Waals surface area contributed by atoms with Crippen LogP contribution in [0.2, 0.25) is 0 Å². The van der Waals surface area contributed by atoms with Crippen molar-refractivity contribution in [3.8, 4) is 0 Å². The van der Waals surface area contributed by atoms with Gasteiger partial charge in [0.15, 0.2) is 0 Å². The lowest BCUT2D eigenvalue weighted by Crippen LogP contribution is -2.48. The molecule has 1 fully saturated rings. The number of amides is 1. The first-order valence-electron chi connectivity index (χ1n) is 8.33. The van der Waals surface area contributed by atoms with Gasteiger partial charge in [-0.25, -0.2) is 0 Å². The SMILES string of the molecule is CCN(CC)CCCNCC(=O)N[C@H]1CCOC(C)(C)C1. The first kappa shape index (κ1) is 18.4. The zero-order chi connectivity index (χ0) is 15.7. The van der Waals surface area contributed by atoms with E-state index in [9.17, 15) is 4.79 Å². The van der Waals surface area contributed by atoms with Crippen LogP contribution in [-0.4, -0.2) is 61.8 Å². The van der Waals surface area contributed by atoms with Crippen molar-refractivity contribution in [2.45, 2.75) is 58.6 Å². The molecule has 0 aromatic carbocycles. The van der Waals surface area contributed by atoms with Gasteiger partial charge >= 0.3 is 0 Å². The van der Waals surface area contributed by atoms with Crippen LogP contribution < -0.4 is 10.6 Å². The molecule has 0 aromatic heterocycles. The fourth-order valence-electron chi connectivity index (χ4n) is 2.80. The maximum absolute atomic E-state index is 11.9. The molecule has 0 bridgehead atoms. The summed E-state index contributed by atoms with van der Waals surface area (Å²) in [7, 11) is 0. The van der Waals surface area contributed by atoms with Crippen molar-refractivity contribution < 1.29 is 9.53 Å². The quantitative estimate of drug-likeness (QED) is 0.632. The third-order valence-corrected chi connectivity index (χ3v) is 4.07. The molecule has 1 aliphatic rings. The van der Waals surface area contributed by atoms with E-state index in [4.69, 9.17) is 4.74 Å². The molecule has 21 heavy (non-hydrogen) atoms. The molecular formula is C16H33N3O2. The van der Waals surface area contributed by atoms with E-state index in [1.807, 2.05) is 0 Å². The minimum Gasteiger partial charge on any atom is -0.375 e. The highest BCUT2D eigenvalue weighted by Crippen LogP contribution is 2.23. The van der Waals surface area contributed by atoms with E-state index < -0.39 is 0 Å². The average Bonchev–Trinajstić information content (AvgIpc) is 2.41. The lowest BCUT2D eigenvalue weighted by molar-refractivity contribution is -0.123. The molecule has 0 unspecified atom stereocenters. The number of hydrogen-bond acceptors (Lipinski definition) is 4. The molecule has 1 atom stereocenters. The van der Waals surface area contributed by atoms with E-state index in [2.05, 4.69) is 43.2 Å². The second-order valence-corrected chi connectivity index (χ2v) is 6.42. The zero-order valence-corrected chi connectivity index (χ0v) is 14.2. The van der Waals surface area contributed by atoms with Crippen molar-refractivity contribution in [2.24, 2.45) is 0 Å². The fraction of sp³-hybridized carbons (Fsp3) is 0.938. The second-order valence-electron chi connectivity index (χ2n) is 6.42. The normalized spacial score (nSPS) is 21.5. The van der Waals surface area contributed by atoms with E-state index >= 15 is 0 Å². The van der Waals surface area contributed by atoms with Crippen molar-refractivity contribution in [3.63, 3.8) is 0 Å². The number of carbonyl (C=O) groups excluding carboxylic acids is 1. The van der Waals surface area contributed by atoms with E-state index in [1.165, 1.54) is 0 Å². The Morgan fingerprint density at radius 1 is 1.33 bits per heavy atom. The molecule has 0 spiro atoms. The van der Waals surface area contributed by atoms with E-state index in [1.54, 1.807) is 0 Å². The van der Waals surface area contributed by atoms with Crippen LogP contribution in [-0.2, 0) is 9.53 Å². The summed E-state index contributed by atoms with van der Waals surface area (Å²) < 4.78 is 5.66. The molecule has 5 heteroatoms. The Balaban J connectivity index is 2.09. The van der Waals surface area contributed by atoms with Crippen LogP contribution in [0.3, 0.4) is 0 Å². The minimum atomic E-state index is -0.118.